The number of carbonyl (C=O) groups excluding carboxylic acids is 1. The maximum atomic E-state index is 10.7. The third-order valence-electron chi connectivity index (χ3n) is 1.15. The van der Waals surface area contributed by atoms with Crippen molar-refractivity contribution in [3.05, 3.63) is 5.89 Å². The molecule has 0 atom stereocenters. The van der Waals surface area contributed by atoms with Crippen molar-refractivity contribution in [2.24, 2.45) is 0 Å². The molecule has 0 bridgehead atoms. The zero-order valence-electron chi connectivity index (χ0n) is 6.73. The first-order chi connectivity index (χ1) is 5.76. The second-order valence-electron chi connectivity index (χ2n) is 1.92. The summed E-state index contributed by atoms with van der Waals surface area (Å²) in [5.74, 6) is -0.0995. The Balaban J connectivity index is 2.58. The quantitative estimate of drug-likeness (QED) is 0.508. The maximum Gasteiger partial charge on any atom is 0.315 e. The Morgan fingerprint density at radius 3 is 2.92 bits per heavy atom. The molecule has 0 N–H and O–H groups in total. The lowest BCUT2D eigenvalue weighted by Crippen LogP contribution is -2.04. The van der Waals surface area contributed by atoms with Gasteiger partial charge in [-0.3, -0.25) is 4.79 Å². The molecule has 0 fully saturated rings. The zero-order valence-corrected chi connectivity index (χ0v) is 7.55. The number of aromatic nitrogens is 2. The van der Waals surface area contributed by atoms with Crippen molar-refractivity contribution in [1.82, 2.24) is 10.2 Å². The lowest BCUT2D eigenvalue weighted by Gasteiger charge is -1.91. The first kappa shape index (κ1) is 9.05. The molecule has 0 unspecified atom stereocenters. The molecule has 0 radical (unpaired) electrons. The molecule has 1 heterocycles. The molecule has 0 saturated heterocycles. The Kier molecular flexibility index (Phi) is 3.09. The Morgan fingerprint density at radius 2 is 2.42 bits per heavy atom. The van der Waals surface area contributed by atoms with Gasteiger partial charge >= 0.3 is 5.97 Å². The van der Waals surface area contributed by atoms with Crippen molar-refractivity contribution in [1.29, 1.82) is 0 Å². The summed E-state index contributed by atoms with van der Waals surface area (Å²) in [6.07, 6.45) is 1.85. The molecule has 6 heteroatoms. The molecule has 0 aromatic carbocycles. The monoisotopic (exact) mass is 188 g/mol. The van der Waals surface area contributed by atoms with Gasteiger partial charge < -0.3 is 9.15 Å². The van der Waals surface area contributed by atoms with E-state index in [0.717, 1.165) is 0 Å². The van der Waals surface area contributed by atoms with E-state index in [1.807, 2.05) is 6.26 Å². The van der Waals surface area contributed by atoms with Crippen molar-refractivity contribution < 1.29 is 13.9 Å². The van der Waals surface area contributed by atoms with E-state index in [0.29, 0.717) is 5.22 Å². The van der Waals surface area contributed by atoms with Crippen LogP contribution in [-0.4, -0.2) is 29.5 Å². The van der Waals surface area contributed by atoms with E-state index >= 15 is 0 Å². The highest BCUT2D eigenvalue weighted by Crippen LogP contribution is 2.11. The molecular formula is C6H8N2O3S. The van der Waals surface area contributed by atoms with Crippen molar-refractivity contribution in [2.75, 3.05) is 13.4 Å². The third-order valence-corrected chi connectivity index (χ3v) is 1.66. The van der Waals surface area contributed by atoms with E-state index in [2.05, 4.69) is 14.9 Å². The molecule has 1 aromatic rings. The first-order valence-corrected chi connectivity index (χ1v) is 4.42. The molecule has 12 heavy (non-hydrogen) atoms. The highest BCUT2D eigenvalue weighted by atomic mass is 32.2. The van der Waals surface area contributed by atoms with E-state index in [-0.39, 0.29) is 18.3 Å². The summed E-state index contributed by atoms with van der Waals surface area (Å²) in [4.78, 5) is 10.7. The number of carbonyl (C=O) groups is 1. The number of thioether (sulfide) groups is 1. The SMILES string of the molecule is COC(=O)Cc1nnc(SC)o1. The van der Waals surface area contributed by atoms with Crippen LogP contribution in [0.4, 0.5) is 0 Å². The molecule has 66 valence electrons. The summed E-state index contributed by atoms with van der Waals surface area (Å²) < 4.78 is 9.47. The number of ether oxygens (including phenoxy) is 1. The van der Waals surface area contributed by atoms with Crippen LogP contribution in [0.15, 0.2) is 9.64 Å². The number of rotatable bonds is 3. The normalized spacial score (nSPS) is 9.83. The highest BCUT2D eigenvalue weighted by molar-refractivity contribution is 7.98. The highest BCUT2D eigenvalue weighted by Gasteiger charge is 2.09. The largest absolute Gasteiger partial charge is 0.469 e. The smallest absolute Gasteiger partial charge is 0.315 e. The van der Waals surface area contributed by atoms with Crippen LogP contribution in [0.25, 0.3) is 0 Å². The predicted octanol–water partition coefficient (Wildman–Crippen LogP) is 0.507. The summed E-state index contributed by atoms with van der Waals surface area (Å²) in [6.45, 7) is 0. The van der Waals surface area contributed by atoms with Gasteiger partial charge in [0, 0.05) is 0 Å². The lowest BCUT2D eigenvalue weighted by molar-refractivity contribution is -0.140. The number of hydrogen-bond donors (Lipinski definition) is 0. The second kappa shape index (κ2) is 4.10. The number of esters is 1. The minimum atomic E-state index is -0.383. The van der Waals surface area contributed by atoms with E-state index in [4.69, 9.17) is 4.42 Å². The van der Waals surface area contributed by atoms with Gasteiger partial charge in [0.2, 0.25) is 5.89 Å². The molecule has 0 amide bonds. The number of methoxy groups -OCH3 is 1. The molecule has 5 nitrogen and oxygen atoms in total. The van der Waals surface area contributed by atoms with Crippen LogP contribution < -0.4 is 0 Å². The van der Waals surface area contributed by atoms with Gasteiger partial charge in [-0.1, -0.05) is 11.8 Å². The summed E-state index contributed by atoms with van der Waals surface area (Å²) in [7, 11) is 1.31. The molecule has 1 rings (SSSR count). The van der Waals surface area contributed by atoms with Crippen LogP contribution in [0.3, 0.4) is 0 Å². The molecule has 0 aliphatic rings. The second-order valence-corrected chi connectivity index (χ2v) is 2.68. The predicted molar refractivity (Wildman–Crippen MR) is 41.8 cm³/mol. The van der Waals surface area contributed by atoms with Gasteiger partial charge in [-0.2, -0.15) is 0 Å². The van der Waals surface area contributed by atoms with Crippen LogP contribution in [0, 0.1) is 0 Å². The standard InChI is InChI=1S/C6H8N2O3S/c1-10-5(9)3-4-7-8-6(11-4)12-2/h3H2,1-2H3. The third kappa shape index (κ3) is 2.23. The van der Waals surface area contributed by atoms with Crippen LogP contribution in [0.5, 0.6) is 0 Å². The van der Waals surface area contributed by atoms with Gasteiger partial charge in [0.25, 0.3) is 5.22 Å². The average Bonchev–Trinajstić information content (AvgIpc) is 2.52. The lowest BCUT2D eigenvalue weighted by atomic mass is 10.4. The van der Waals surface area contributed by atoms with E-state index < -0.39 is 0 Å². The Bertz CT molecular complexity index is 274. The average molecular weight is 188 g/mol. The molecule has 0 aliphatic carbocycles. The number of hydrogen-bond acceptors (Lipinski definition) is 6. The summed E-state index contributed by atoms with van der Waals surface area (Å²) in [6, 6.07) is 0. The van der Waals surface area contributed by atoms with Gasteiger partial charge in [-0.15, -0.1) is 10.2 Å². The molecular weight excluding hydrogens is 180 g/mol. The van der Waals surface area contributed by atoms with Crippen molar-refractivity contribution in [3.8, 4) is 0 Å². The van der Waals surface area contributed by atoms with E-state index in [1.165, 1.54) is 18.9 Å². The van der Waals surface area contributed by atoms with Gasteiger partial charge in [0.15, 0.2) is 0 Å². The molecule has 1 aromatic heterocycles. The maximum absolute atomic E-state index is 10.7. The first-order valence-electron chi connectivity index (χ1n) is 3.19. The topological polar surface area (TPSA) is 65.2 Å². The fourth-order valence-electron chi connectivity index (χ4n) is 0.588. The zero-order chi connectivity index (χ0) is 8.97. The fraction of sp³-hybridized carbons (Fsp3) is 0.500. The fourth-order valence-corrected chi connectivity index (χ4v) is 0.890. The molecule has 0 saturated carbocycles. The Labute approximate surface area is 73.5 Å². The van der Waals surface area contributed by atoms with E-state index in [9.17, 15) is 4.79 Å². The van der Waals surface area contributed by atoms with Crippen molar-refractivity contribution in [3.63, 3.8) is 0 Å². The number of nitrogens with zero attached hydrogens (tertiary/aromatic N) is 2. The van der Waals surface area contributed by atoms with Crippen molar-refractivity contribution >= 4 is 17.7 Å². The Morgan fingerprint density at radius 1 is 1.67 bits per heavy atom. The van der Waals surface area contributed by atoms with Crippen LogP contribution in [-0.2, 0) is 16.0 Å². The Hall–Kier alpha value is -1.04. The van der Waals surface area contributed by atoms with Gasteiger partial charge in [0.1, 0.15) is 6.42 Å². The van der Waals surface area contributed by atoms with Gasteiger partial charge in [0.05, 0.1) is 7.11 Å². The van der Waals surface area contributed by atoms with E-state index in [1.54, 1.807) is 0 Å². The summed E-state index contributed by atoms with van der Waals surface area (Å²) in [5, 5.41) is 7.75. The minimum Gasteiger partial charge on any atom is -0.469 e. The van der Waals surface area contributed by atoms with Crippen molar-refractivity contribution in [2.45, 2.75) is 11.6 Å². The van der Waals surface area contributed by atoms with Crippen LogP contribution in [0.1, 0.15) is 5.89 Å². The minimum absolute atomic E-state index is 0.0318. The van der Waals surface area contributed by atoms with Gasteiger partial charge in [-0.25, -0.2) is 0 Å². The van der Waals surface area contributed by atoms with Crippen LogP contribution in [0.2, 0.25) is 0 Å². The summed E-state index contributed by atoms with van der Waals surface area (Å²) >= 11 is 1.33. The van der Waals surface area contributed by atoms with Crippen LogP contribution >= 0.6 is 11.8 Å². The molecule has 0 spiro atoms. The molecule has 0 aliphatic heterocycles. The summed E-state index contributed by atoms with van der Waals surface area (Å²) in [5.41, 5.74) is 0. The van der Waals surface area contributed by atoms with Gasteiger partial charge in [-0.05, 0) is 6.26 Å².